The van der Waals surface area contributed by atoms with Gasteiger partial charge in [-0.1, -0.05) is 19.1 Å². The van der Waals surface area contributed by atoms with Gasteiger partial charge in [-0.2, -0.15) is 5.26 Å². The third kappa shape index (κ3) is 2.39. The Balaban J connectivity index is 2.19. The van der Waals surface area contributed by atoms with Gasteiger partial charge in [0.1, 0.15) is 6.61 Å². The average Bonchev–Trinajstić information content (AvgIpc) is 2.39. The number of ether oxygens (including phenoxy) is 1. The Hall–Kier alpha value is -2.02. The fourth-order valence-electron chi connectivity index (χ4n) is 1.80. The lowest BCUT2D eigenvalue weighted by Crippen LogP contribution is -2.42. The second-order valence-electron chi connectivity index (χ2n) is 4.03. The topological polar surface area (TPSA) is 53.3 Å². The zero-order valence-electron chi connectivity index (χ0n) is 9.72. The van der Waals surface area contributed by atoms with Crippen molar-refractivity contribution >= 4 is 11.8 Å². The first-order valence-corrected chi connectivity index (χ1v) is 5.67. The van der Waals surface area contributed by atoms with E-state index in [4.69, 9.17) is 10.00 Å². The van der Waals surface area contributed by atoms with Gasteiger partial charge in [-0.3, -0.25) is 4.90 Å². The lowest BCUT2D eigenvalue weighted by Gasteiger charge is -2.29. The molecule has 17 heavy (non-hydrogen) atoms. The zero-order valence-corrected chi connectivity index (χ0v) is 9.72. The molecule has 1 amide bonds. The number of anilines is 1. The highest BCUT2D eigenvalue weighted by Gasteiger charge is 2.28. The summed E-state index contributed by atoms with van der Waals surface area (Å²) in [5.41, 5.74) is 2.00. The number of cyclic esters (lactones) is 1. The van der Waals surface area contributed by atoms with Crippen molar-refractivity contribution in [1.29, 1.82) is 5.26 Å². The highest BCUT2D eigenvalue weighted by Crippen LogP contribution is 2.21. The molecule has 1 aromatic rings. The molecule has 4 nitrogen and oxygen atoms in total. The molecule has 88 valence electrons. The van der Waals surface area contributed by atoms with E-state index in [-0.39, 0.29) is 18.6 Å². The Kier molecular flexibility index (Phi) is 3.29. The first-order chi connectivity index (χ1) is 8.24. The van der Waals surface area contributed by atoms with Crippen molar-refractivity contribution in [2.75, 3.05) is 18.1 Å². The van der Waals surface area contributed by atoms with Crippen LogP contribution in [0.3, 0.4) is 0 Å². The summed E-state index contributed by atoms with van der Waals surface area (Å²) in [6.07, 6.45) is 0.590. The van der Waals surface area contributed by atoms with E-state index in [9.17, 15) is 4.79 Å². The molecule has 0 spiro atoms. The van der Waals surface area contributed by atoms with E-state index in [0.29, 0.717) is 6.54 Å². The molecule has 0 N–H and O–H groups in total. The van der Waals surface area contributed by atoms with E-state index in [0.717, 1.165) is 12.1 Å². The Bertz CT molecular complexity index is 447. The van der Waals surface area contributed by atoms with Crippen LogP contribution in [0.1, 0.15) is 12.5 Å². The van der Waals surface area contributed by atoms with Gasteiger partial charge in [-0.05, 0) is 24.1 Å². The first kappa shape index (κ1) is 11.5. The minimum absolute atomic E-state index is 0.193. The van der Waals surface area contributed by atoms with Gasteiger partial charge in [0.05, 0.1) is 12.0 Å². The van der Waals surface area contributed by atoms with Crippen molar-refractivity contribution in [1.82, 2.24) is 0 Å². The molecule has 0 radical (unpaired) electrons. The van der Waals surface area contributed by atoms with Crippen LogP contribution in [-0.2, 0) is 11.2 Å². The summed E-state index contributed by atoms with van der Waals surface area (Å²) < 4.78 is 4.97. The van der Waals surface area contributed by atoms with E-state index in [1.165, 1.54) is 10.5 Å². The average molecular weight is 230 g/mol. The zero-order chi connectivity index (χ0) is 12.3. The fraction of sp³-hybridized carbons (Fsp3) is 0.385. The van der Waals surface area contributed by atoms with Gasteiger partial charge in [0.2, 0.25) is 0 Å². The molecule has 0 aliphatic carbocycles. The van der Waals surface area contributed by atoms with Crippen LogP contribution in [-0.4, -0.2) is 19.2 Å². The lowest BCUT2D eigenvalue weighted by atomic mass is 10.1. The Morgan fingerprint density at radius 3 is 2.76 bits per heavy atom. The molecule has 0 bridgehead atoms. The highest BCUT2D eigenvalue weighted by atomic mass is 16.6. The van der Waals surface area contributed by atoms with Crippen LogP contribution in [0.4, 0.5) is 10.5 Å². The van der Waals surface area contributed by atoms with Crippen LogP contribution in [0.2, 0.25) is 0 Å². The van der Waals surface area contributed by atoms with E-state index in [2.05, 4.69) is 13.0 Å². The third-order valence-corrected chi connectivity index (χ3v) is 2.87. The van der Waals surface area contributed by atoms with E-state index in [1.807, 2.05) is 24.3 Å². The van der Waals surface area contributed by atoms with Crippen molar-refractivity contribution < 1.29 is 9.53 Å². The molecular formula is C13H14N2O2. The summed E-state index contributed by atoms with van der Waals surface area (Å²) in [5, 5.41) is 8.86. The van der Waals surface area contributed by atoms with E-state index in [1.54, 1.807) is 0 Å². The van der Waals surface area contributed by atoms with Crippen LogP contribution >= 0.6 is 0 Å². The number of nitriles is 1. The van der Waals surface area contributed by atoms with Crippen molar-refractivity contribution in [2.24, 2.45) is 5.92 Å². The SMILES string of the molecule is CCc1ccc(N2CC(C#N)COC2=O)cc1. The number of benzene rings is 1. The lowest BCUT2D eigenvalue weighted by molar-refractivity contribution is 0.127. The quantitative estimate of drug-likeness (QED) is 0.783. The standard InChI is InChI=1S/C13H14N2O2/c1-2-10-3-5-12(6-4-10)15-8-11(7-14)9-17-13(15)16/h3-6,11H,2,8-9H2,1H3. The van der Waals surface area contributed by atoms with Gasteiger partial charge >= 0.3 is 6.09 Å². The van der Waals surface area contributed by atoms with Gasteiger partial charge < -0.3 is 4.74 Å². The minimum Gasteiger partial charge on any atom is -0.448 e. The largest absolute Gasteiger partial charge is 0.448 e. The summed E-state index contributed by atoms with van der Waals surface area (Å²) in [5.74, 6) is -0.251. The van der Waals surface area contributed by atoms with Crippen molar-refractivity contribution in [3.63, 3.8) is 0 Å². The number of rotatable bonds is 2. The summed E-state index contributed by atoms with van der Waals surface area (Å²) in [4.78, 5) is 13.1. The van der Waals surface area contributed by atoms with E-state index >= 15 is 0 Å². The third-order valence-electron chi connectivity index (χ3n) is 2.87. The number of hydrogen-bond donors (Lipinski definition) is 0. The van der Waals surface area contributed by atoms with Crippen molar-refractivity contribution in [2.45, 2.75) is 13.3 Å². The molecule has 1 saturated heterocycles. The van der Waals surface area contributed by atoms with Crippen molar-refractivity contribution in [3.05, 3.63) is 29.8 Å². The number of carbonyl (C=O) groups excluding carboxylic acids is 1. The van der Waals surface area contributed by atoms with Crippen LogP contribution in [0, 0.1) is 17.2 Å². The molecule has 0 saturated carbocycles. The summed E-state index contributed by atoms with van der Waals surface area (Å²) in [6.45, 7) is 2.68. The van der Waals surface area contributed by atoms with Gasteiger partial charge in [-0.25, -0.2) is 4.79 Å². The maximum Gasteiger partial charge on any atom is 0.414 e. The molecule has 1 aromatic carbocycles. The van der Waals surface area contributed by atoms with Crippen molar-refractivity contribution in [3.8, 4) is 6.07 Å². The molecule has 1 unspecified atom stereocenters. The van der Waals surface area contributed by atoms with Crippen LogP contribution in [0.5, 0.6) is 0 Å². The normalized spacial score (nSPS) is 19.6. The second-order valence-corrected chi connectivity index (χ2v) is 4.03. The molecule has 1 atom stereocenters. The molecule has 4 heteroatoms. The predicted octanol–water partition coefficient (Wildman–Crippen LogP) is 2.35. The molecule has 1 heterocycles. The summed E-state index contributed by atoms with van der Waals surface area (Å²) in [6, 6.07) is 9.87. The maximum atomic E-state index is 11.6. The smallest absolute Gasteiger partial charge is 0.414 e. The Morgan fingerprint density at radius 1 is 1.47 bits per heavy atom. The van der Waals surface area contributed by atoms with Crippen LogP contribution in [0.15, 0.2) is 24.3 Å². The van der Waals surface area contributed by atoms with Gasteiger partial charge in [0.25, 0.3) is 0 Å². The van der Waals surface area contributed by atoms with Gasteiger partial charge in [0.15, 0.2) is 0 Å². The highest BCUT2D eigenvalue weighted by molar-refractivity contribution is 5.88. The predicted molar refractivity (Wildman–Crippen MR) is 63.6 cm³/mol. The minimum atomic E-state index is -0.374. The molecule has 2 rings (SSSR count). The molecule has 1 aliphatic rings. The number of aryl methyl sites for hydroxylation is 1. The number of hydrogen-bond acceptors (Lipinski definition) is 3. The van der Waals surface area contributed by atoms with E-state index < -0.39 is 0 Å². The number of amides is 1. The second kappa shape index (κ2) is 4.88. The summed E-state index contributed by atoms with van der Waals surface area (Å²) >= 11 is 0. The maximum absolute atomic E-state index is 11.6. The fourth-order valence-corrected chi connectivity index (χ4v) is 1.80. The molecule has 1 fully saturated rings. The van der Waals surface area contributed by atoms with Crippen LogP contribution in [0.25, 0.3) is 0 Å². The number of nitrogens with zero attached hydrogens (tertiary/aromatic N) is 2. The van der Waals surface area contributed by atoms with Gasteiger partial charge in [0, 0.05) is 12.2 Å². The monoisotopic (exact) mass is 230 g/mol. The Labute approximate surface area is 100 Å². The summed E-state index contributed by atoms with van der Waals surface area (Å²) in [7, 11) is 0. The molecule has 1 aliphatic heterocycles. The first-order valence-electron chi connectivity index (χ1n) is 5.67. The molecular weight excluding hydrogens is 216 g/mol. The Morgan fingerprint density at radius 2 is 2.18 bits per heavy atom. The number of carbonyl (C=O) groups is 1. The molecule has 0 aromatic heterocycles. The van der Waals surface area contributed by atoms with Crippen LogP contribution < -0.4 is 4.90 Å². The van der Waals surface area contributed by atoms with Gasteiger partial charge in [-0.15, -0.1) is 0 Å².